The van der Waals surface area contributed by atoms with E-state index in [1.54, 1.807) is 4.68 Å². The van der Waals surface area contributed by atoms with Crippen LogP contribution in [0.3, 0.4) is 0 Å². The van der Waals surface area contributed by atoms with E-state index in [0.717, 1.165) is 11.4 Å². The maximum absolute atomic E-state index is 9.15. The molecule has 86 valence electrons. The fraction of sp³-hybridized carbons (Fsp3) is 0.667. The monoisotopic (exact) mass is 250 g/mol. The van der Waals surface area contributed by atoms with Crippen molar-refractivity contribution in [2.24, 2.45) is 7.05 Å². The van der Waals surface area contributed by atoms with Crippen molar-refractivity contribution < 1.29 is 10.2 Å². The molecule has 0 aliphatic carbocycles. The van der Waals surface area contributed by atoms with Crippen LogP contribution >= 0.6 is 23.4 Å². The Balaban J connectivity index is 2.50. The lowest BCUT2D eigenvalue weighted by Crippen LogP contribution is -2.15. The zero-order chi connectivity index (χ0) is 11.4. The van der Waals surface area contributed by atoms with E-state index in [-0.39, 0.29) is 6.61 Å². The molecule has 1 unspecified atom stereocenters. The third-order valence-corrected chi connectivity index (χ3v) is 3.61. The second-order valence-corrected chi connectivity index (χ2v) is 4.73. The van der Waals surface area contributed by atoms with E-state index in [2.05, 4.69) is 5.10 Å². The Morgan fingerprint density at radius 1 is 1.60 bits per heavy atom. The summed E-state index contributed by atoms with van der Waals surface area (Å²) in [7, 11) is 1.84. The summed E-state index contributed by atoms with van der Waals surface area (Å²) in [5.74, 6) is 1.18. The maximum Gasteiger partial charge on any atom is 0.0861 e. The molecule has 6 heteroatoms. The molecule has 1 atom stereocenters. The summed E-state index contributed by atoms with van der Waals surface area (Å²) in [6, 6.07) is 0. The van der Waals surface area contributed by atoms with Gasteiger partial charge in [0, 0.05) is 18.6 Å². The number of nitrogens with zero attached hydrogens (tertiary/aromatic N) is 2. The van der Waals surface area contributed by atoms with Crippen molar-refractivity contribution in [2.45, 2.75) is 18.8 Å². The number of aliphatic hydroxyl groups excluding tert-OH is 2. The first kappa shape index (κ1) is 12.8. The van der Waals surface area contributed by atoms with E-state index in [4.69, 9.17) is 21.8 Å². The summed E-state index contributed by atoms with van der Waals surface area (Å²) < 4.78 is 1.75. The van der Waals surface area contributed by atoms with E-state index in [0.29, 0.717) is 16.5 Å². The van der Waals surface area contributed by atoms with Crippen LogP contribution in [-0.2, 0) is 12.8 Å². The van der Waals surface area contributed by atoms with Crippen LogP contribution < -0.4 is 0 Å². The van der Waals surface area contributed by atoms with Crippen molar-refractivity contribution in [3.05, 3.63) is 16.4 Å². The maximum atomic E-state index is 9.15. The first-order valence-corrected chi connectivity index (χ1v) is 6.14. The van der Waals surface area contributed by atoms with Crippen LogP contribution in [0.15, 0.2) is 0 Å². The highest BCUT2D eigenvalue weighted by Gasteiger charge is 2.11. The Kier molecular flexibility index (Phi) is 4.92. The van der Waals surface area contributed by atoms with Gasteiger partial charge in [-0.05, 0) is 6.92 Å². The van der Waals surface area contributed by atoms with Gasteiger partial charge in [-0.25, -0.2) is 0 Å². The van der Waals surface area contributed by atoms with Crippen LogP contribution in [0.4, 0.5) is 0 Å². The second kappa shape index (κ2) is 5.75. The van der Waals surface area contributed by atoms with E-state index >= 15 is 0 Å². The van der Waals surface area contributed by atoms with Gasteiger partial charge in [0.1, 0.15) is 0 Å². The molecule has 15 heavy (non-hydrogen) atoms. The number of halogens is 1. The molecule has 0 radical (unpaired) electrons. The zero-order valence-electron chi connectivity index (χ0n) is 8.77. The highest BCUT2D eigenvalue weighted by Crippen LogP contribution is 2.23. The molecule has 0 aromatic carbocycles. The number of rotatable bonds is 5. The molecule has 0 bridgehead atoms. The highest BCUT2D eigenvalue weighted by atomic mass is 35.5. The standard InChI is InChI=1S/C9H15ClN2O2S/c1-6-9(10)8(12(2)11-6)5-15-4-7(14)3-13/h7,13-14H,3-5H2,1-2H3. The van der Waals surface area contributed by atoms with Gasteiger partial charge in [0.05, 0.1) is 29.1 Å². The van der Waals surface area contributed by atoms with Gasteiger partial charge >= 0.3 is 0 Å². The third-order valence-electron chi connectivity index (χ3n) is 2.02. The third kappa shape index (κ3) is 3.38. The molecule has 1 heterocycles. The molecule has 1 aromatic heterocycles. The van der Waals surface area contributed by atoms with Gasteiger partial charge in [0.25, 0.3) is 0 Å². The quantitative estimate of drug-likeness (QED) is 0.818. The van der Waals surface area contributed by atoms with E-state index < -0.39 is 6.10 Å². The second-order valence-electron chi connectivity index (χ2n) is 3.32. The average molecular weight is 251 g/mol. The van der Waals surface area contributed by atoms with Gasteiger partial charge in [0.2, 0.25) is 0 Å². The van der Waals surface area contributed by atoms with Crippen molar-refractivity contribution in [1.29, 1.82) is 0 Å². The minimum Gasteiger partial charge on any atom is -0.394 e. The predicted molar refractivity (Wildman–Crippen MR) is 62.2 cm³/mol. The van der Waals surface area contributed by atoms with Gasteiger partial charge in [0.15, 0.2) is 0 Å². The Hall–Kier alpha value is -0.230. The number of thioether (sulfide) groups is 1. The van der Waals surface area contributed by atoms with Gasteiger partial charge in [-0.1, -0.05) is 11.6 Å². The normalized spacial score (nSPS) is 13.1. The summed E-state index contributed by atoms with van der Waals surface area (Å²) >= 11 is 7.58. The molecule has 0 fully saturated rings. The lowest BCUT2D eigenvalue weighted by Gasteiger charge is -2.06. The largest absolute Gasteiger partial charge is 0.394 e. The highest BCUT2D eigenvalue weighted by molar-refractivity contribution is 7.98. The van der Waals surface area contributed by atoms with Gasteiger partial charge < -0.3 is 10.2 Å². The van der Waals surface area contributed by atoms with E-state index in [1.165, 1.54) is 11.8 Å². The molecule has 0 spiro atoms. The molecule has 0 saturated carbocycles. The average Bonchev–Trinajstić information content (AvgIpc) is 2.44. The van der Waals surface area contributed by atoms with Crippen LogP contribution in [-0.4, -0.2) is 38.5 Å². The topological polar surface area (TPSA) is 58.3 Å². The van der Waals surface area contributed by atoms with Crippen molar-refractivity contribution in [1.82, 2.24) is 9.78 Å². The van der Waals surface area contributed by atoms with E-state index in [9.17, 15) is 0 Å². The Labute approximate surface area is 98.2 Å². The van der Waals surface area contributed by atoms with Gasteiger partial charge in [-0.2, -0.15) is 16.9 Å². The van der Waals surface area contributed by atoms with Crippen molar-refractivity contribution >= 4 is 23.4 Å². The minimum absolute atomic E-state index is 0.203. The van der Waals surface area contributed by atoms with Crippen molar-refractivity contribution in [3.63, 3.8) is 0 Å². The molecule has 2 N–H and O–H groups in total. The molecule has 0 aliphatic rings. The molecule has 1 aromatic rings. The van der Waals surface area contributed by atoms with Crippen molar-refractivity contribution in [2.75, 3.05) is 12.4 Å². The van der Waals surface area contributed by atoms with Gasteiger partial charge in [-0.15, -0.1) is 0 Å². The Bertz CT molecular complexity index is 330. The predicted octanol–water partition coefficient (Wildman–Crippen LogP) is 0.968. The van der Waals surface area contributed by atoms with Crippen LogP contribution in [0.5, 0.6) is 0 Å². The van der Waals surface area contributed by atoms with Crippen LogP contribution in [0.25, 0.3) is 0 Å². The Morgan fingerprint density at radius 3 is 2.73 bits per heavy atom. The SMILES string of the molecule is Cc1nn(C)c(CSCC(O)CO)c1Cl. The number of aliphatic hydroxyl groups is 2. The zero-order valence-corrected chi connectivity index (χ0v) is 10.3. The lowest BCUT2D eigenvalue weighted by atomic mass is 10.4. The van der Waals surface area contributed by atoms with Gasteiger partial charge in [-0.3, -0.25) is 4.68 Å². The first-order chi connectivity index (χ1) is 7.06. The van der Waals surface area contributed by atoms with Crippen LogP contribution in [0, 0.1) is 6.92 Å². The number of hydrogen-bond donors (Lipinski definition) is 2. The molecule has 0 saturated heterocycles. The molecular formula is C9H15ClN2O2S. The fourth-order valence-electron chi connectivity index (χ4n) is 1.18. The minimum atomic E-state index is -0.664. The van der Waals surface area contributed by atoms with Crippen LogP contribution in [0.2, 0.25) is 5.02 Å². The van der Waals surface area contributed by atoms with Crippen molar-refractivity contribution in [3.8, 4) is 0 Å². The number of aromatic nitrogens is 2. The summed E-state index contributed by atoms with van der Waals surface area (Å²) in [5, 5.41) is 22.7. The molecule has 0 amide bonds. The van der Waals surface area contributed by atoms with Crippen LogP contribution in [0.1, 0.15) is 11.4 Å². The smallest absolute Gasteiger partial charge is 0.0861 e. The summed E-state index contributed by atoms with van der Waals surface area (Å²) in [6.07, 6.45) is -0.664. The molecular weight excluding hydrogens is 236 g/mol. The first-order valence-electron chi connectivity index (χ1n) is 4.61. The number of hydrogen-bond acceptors (Lipinski definition) is 4. The lowest BCUT2D eigenvalue weighted by molar-refractivity contribution is 0.113. The summed E-state index contributed by atoms with van der Waals surface area (Å²) in [5.41, 5.74) is 1.77. The molecule has 1 rings (SSSR count). The van der Waals surface area contributed by atoms with E-state index in [1.807, 2.05) is 14.0 Å². The molecule has 0 aliphatic heterocycles. The Morgan fingerprint density at radius 2 is 2.27 bits per heavy atom. The molecule has 4 nitrogen and oxygen atoms in total. The summed E-state index contributed by atoms with van der Waals surface area (Å²) in [6.45, 7) is 1.66. The number of aryl methyl sites for hydroxylation is 2. The fourth-order valence-corrected chi connectivity index (χ4v) is 2.51. The summed E-state index contributed by atoms with van der Waals surface area (Å²) in [4.78, 5) is 0.